The van der Waals surface area contributed by atoms with Crippen LogP contribution in [0.4, 0.5) is 0 Å². The van der Waals surface area contributed by atoms with E-state index in [1.165, 1.54) is 0 Å². The molecule has 2 aromatic rings. The zero-order valence-electron chi connectivity index (χ0n) is 10.7. The lowest BCUT2D eigenvalue weighted by atomic mass is 10.2. The number of carbonyl (C=O) groups excluding carboxylic acids is 1. The second-order valence-corrected chi connectivity index (χ2v) is 4.99. The Bertz CT molecular complexity index is 557. The highest BCUT2D eigenvalue weighted by molar-refractivity contribution is 5.92. The molecule has 100 valence electrons. The summed E-state index contributed by atoms with van der Waals surface area (Å²) in [6.07, 6.45) is 5.84. The number of hydrogen-bond acceptors (Lipinski definition) is 4. The summed E-state index contributed by atoms with van der Waals surface area (Å²) in [7, 11) is 0. The van der Waals surface area contributed by atoms with Crippen LogP contribution in [-0.2, 0) is 6.54 Å². The fraction of sp³-hybridized carbons (Fsp3) is 0.462. The van der Waals surface area contributed by atoms with E-state index in [2.05, 4.69) is 15.6 Å². The van der Waals surface area contributed by atoms with E-state index in [1.807, 2.05) is 19.2 Å². The number of rotatable bonds is 5. The van der Waals surface area contributed by atoms with Crippen molar-refractivity contribution in [1.82, 2.24) is 20.3 Å². The molecule has 6 heteroatoms. The van der Waals surface area contributed by atoms with Gasteiger partial charge in [-0.25, -0.2) is 0 Å². The molecule has 1 atom stereocenters. The van der Waals surface area contributed by atoms with Crippen LogP contribution in [0.1, 0.15) is 41.9 Å². The van der Waals surface area contributed by atoms with Gasteiger partial charge in [-0.3, -0.25) is 9.48 Å². The zero-order valence-corrected chi connectivity index (χ0v) is 10.7. The van der Waals surface area contributed by atoms with Gasteiger partial charge in [0.2, 0.25) is 0 Å². The van der Waals surface area contributed by atoms with Gasteiger partial charge < -0.3 is 9.84 Å². The Labute approximate surface area is 110 Å². The van der Waals surface area contributed by atoms with Crippen molar-refractivity contribution >= 4 is 5.91 Å². The molecule has 19 heavy (non-hydrogen) atoms. The molecule has 6 nitrogen and oxygen atoms in total. The van der Waals surface area contributed by atoms with Crippen molar-refractivity contribution in [1.29, 1.82) is 0 Å². The van der Waals surface area contributed by atoms with E-state index in [0.717, 1.165) is 18.6 Å². The van der Waals surface area contributed by atoms with Crippen LogP contribution in [-0.4, -0.2) is 26.9 Å². The van der Waals surface area contributed by atoms with Crippen LogP contribution < -0.4 is 5.32 Å². The van der Waals surface area contributed by atoms with Crippen molar-refractivity contribution in [3.8, 4) is 0 Å². The van der Waals surface area contributed by atoms with E-state index in [4.69, 9.17) is 4.52 Å². The first-order chi connectivity index (χ1) is 9.22. The lowest BCUT2D eigenvalue weighted by molar-refractivity contribution is 0.0926. The van der Waals surface area contributed by atoms with Crippen LogP contribution in [0, 0.1) is 0 Å². The predicted octanol–water partition coefficient (Wildman–Crippen LogP) is 1.57. The average molecular weight is 260 g/mol. The third-order valence-electron chi connectivity index (χ3n) is 3.14. The minimum absolute atomic E-state index is 0.0199. The smallest absolute Gasteiger partial charge is 0.273 e. The number of aromatic nitrogens is 3. The molecule has 0 saturated heterocycles. The highest BCUT2D eigenvalue weighted by Gasteiger charge is 2.29. The molecule has 0 bridgehead atoms. The lowest BCUT2D eigenvalue weighted by Crippen LogP contribution is -2.35. The van der Waals surface area contributed by atoms with Crippen molar-refractivity contribution < 1.29 is 9.32 Å². The fourth-order valence-corrected chi connectivity index (χ4v) is 1.99. The van der Waals surface area contributed by atoms with Crippen LogP contribution in [0.5, 0.6) is 0 Å². The Morgan fingerprint density at radius 1 is 1.63 bits per heavy atom. The molecule has 3 rings (SSSR count). The molecule has 0 aromatic carbocycles. The zero-order chi connectivity index (χ0) is 13.2. The van der Waals surface area contributed by atoms with Gasteiger partial charge in [-0.05, 0) is 25.8 Å². The molecule has 1 aliphatic rings. The minimum atomic E-state index is -0.199. The summed E-state index contributed by atoms with van der Waals surface area (Å²) < 4.78 is 6.95. The molecule has 0 radical (unpaired) electrons. The van der Waals surface area contributed by atoms with Crippen molar-refractivity contribution in [2.24, 2.45) is 0 Å². The van der Waals surface area contributed by atoms with Crippen LogP contribution in [0.15, 0.2) is 29.0 Å². The van der Waals surface area contributed by atoms with E-state index in [0.29, 0.717) is 18.2 Å². The first-order valence-electron chi connectivity index (χ1n) is 6.47. The Balaban J connectivity index is 1.57. The van der Waals surface area contributed by atoms with Gasteiger partial charge in [0.05, 0.1) is 6.54 Å². The first-order valence-corrected chi connectivity index (χ1v) is 6.47. The maximum Gasteiger partial charge on any atom is 0.273 e. The molecule has 1 fully saturated rings. The normalized spacial score (nSPS) is 16.3. The fourth-order valence-electron chi connectivity index (χ4n) is 1.99. The summed E-state index contributed by atoms with van der Waals surface area (Å²) in [5.41, 5.74) is 0.356. The number of hydrogen-bond donors (Lipinski definition) is 1. The average Bonchev–Trinajstić information content (AvgIpc) is 2.91. The molecule has 1 aliphatic carbocycles. The molecule has 1 amide bonds. The summed E-state index contributed by atoms with van der Waals surface area (Å²) in [6.45, 7) is 2.56. The number of amides is 1. The molecule has 2 aromatic heterocycles. The molecular formula is C13H16N4O2. The minimum Gasteiger partial charge on any atom is -0.360 e. The summed E-state index contributed by atoms with van der Waals surface area (Å²) in [5.74, 6) is 1.09. The summed E-state index contributed by atoms with van der Waals surface area (Å²) in [5, 5.41) is 10.8. The standard InChI is InChI=1S/C13H16N4O2/c1-9(8-17-6-2-5-14-17)15-13(18)11-7-12(19-16-11)10-3-4-10/h2,5-7,9-10H,3-4,8H2,1H3,(H,15,18)/t9-/m0/s1. The Morgan fingerprint density at radius 3 is 3.16 bits per heavy atom. The van der Waals surface area contributed by atoms with Gasteiger partial charge >= 0.3 is 0 Å². The SMILES string of the molecule is C[C@@H](Cn1cccn1)NC(=O)c1cc(C2CC2)on1. The summed E-state index contributed by atoms with van der Waals surface area (Å²) >= 11 is 0. The van der Waals surface area contributed by atoms with Gasteiger partial charge in [0.15, 0.2) is 5.69 Å². The summed E-state index contributed by atoms with van der Waals surface area (Å²) in [4.78, 5) is 12.0. The van der Waals surface area contributed by atoms with Crippen molar-refractivity contribution in [2.45, 2.75) is 38.3 Å². The second kappa shape index (κ2) is 4.87. The third-order valence-corrected chi connectivity index (χ3v) is 3.14. The topological polar surface area (TPSA) is 73.0 Å². The Kier molecular flexibility index (Phi) is 3.06. The highest BCUT2D eigenvalue weighted by Crippen LogP contribution is 2.40. The Hall–Kier alpha value is -2.11. The van der Waals surface area contributed by atoms with Crippen LogP contribution in [0.3, 0.4) is 0 Å². The molecule has 1 N–H and O–H groups in total. The molecular weight excluding hydrogens is 244 g/mol. The van der Waals surface area contributed by atoms with Gasteiger partial charge in [0.25, 0.3) is 5.91 Å². The van der Waals surface area contributed by atoms with Crippen molar-refractivity contribution in [2.75, 3.05) is 0 Å². The first kappa shape index (κ1) is 12.0. The van der Waals surface area contributed by atoms with E-state index < -0.39 is 0 Å². The molecule has 0 unspecified atom stereocenters. The van der Waals surface area contributed by atoms with E-state index >= 15 is 0 Å². The van der Waals surface area contributed by atoms with Gasteiger partial charge in [-0.2, -0.15) is 5.10 Å². The number of carbonyl (C=O) groups is 1. The van der Waals surface area contributed by atoms with Crippen LogP contribution in [0.25, 0.3) is 0 Å². The van der Waals surface area contributed by atoms with Gasteiger partial charge in [0.1, 0.15) is 5.76 Å². The highest BCUT2D eigenvalue weighted by atomic mass is 16.5. The molecule has 0 spiro atoms. The number of nitrogens with zero attached hydrogens (tertiary/aromatic N) is 3. The third kappa shape index (κ3) is 2.83. The van der Waals surface area contributed by atoms with Gasteiger partial charge in [0, 0.05) is 30.4 Å². The van der Waals surface area contributed by atoms with E-state index in [-0.39, 0.29) is 11.9 Å². The summed E-state index contributed by atoms with van der Waals surface area (Å²) in [6, 6.07) is 3.58. The van der Waals surface area contributed by atoms with Gasteiger partial charge in [-0.15, -0.1) is 0 Å². The predicted molar refractivity (Wildman–Crippen MR) is 67.6 cm³/mol. The molecule has 0 aliphatic heterocycles. The van der Waals surface area contributed by atoms with Crippen LogP contribution >= 0.6 is 0 Å². The maximum absolute atomic E-state index is 12.0. The lowest BCUT2D eigenvalue weighted by Gasteiger charge is -2.12. The Morgan fingerprint density at radius 2 is 2.47 bits per heavy atom. The van der Waals surface area contributed by atoms with E-state index in [1.54, 1.807) is 16.9 Å². The van der Waals surface area contributed by atoms with Crippen LogP contribution in [0.2, 0.25) is 0 Å². The molecule has 2 heterocycles. The largest absolute Gasteiger partial charge is 0.360 e. The van der Waals surface area contributed by atoms with Gasteiger partial charge in [-0.1, -0.05) is 5.16 Å². The van der Waals surface area contributed by atoms with Crippen molar-refractivity contribution in [3.63, 3.8) is 0 Å². The maximum atomic E-state index is 12.0. The quantitative estimate of drug-likeness (QED) is 0.885. The number of nitrogens with one attached hydrogen (secondary N) is 1. The monoisotopic (exact) mass is 260 g/mol. The molecule has 1 saturated carbocycles. The van der Waals surface area contributed by atoms with E-state index in [9.17, 15) is 4.79 Å². The second-order valence-electron chi connectivity index (χ2n) is 4.99. The van der Waals surface area contributed by atoms with Crippen molar-refractivity contribution in [3.05, 3.63) is 36.0 Å².